The maximum atomic E-state index is 11.6. The van der Waals surface area contributed by atoms with Crippen LogP contribution in [-0.4, -0.2) is 48.8 Å². The van der Waals surface area contributed by atoms with E-state index in [1.807, 2.05) is 6.07 Å². The van der Waals surface area contributed by atoms with E-state index >= 15 is 0 Å². The van der Waals surface area contributed by atoms with Crippen molar-refractivity contribution in [2.24, 2.45) is 0 Å². The van der Waals surface area contributed by atoms with Crippen LogP contribution in [0.3, 0.4) is 0 Å². The molecule has 0 unspecified atom stereocenters. The van der Waals surface area contributed by atoms with Crippen LogP contribution in [0.2, 0.25) is 0 Å². The molecule has 0 radical (unpaired) electrons. The fraction of sp³-hybridized carbons (Fsp3) is 0.400. The number of carbonyl (C=O) groups excluding carboxylic acids is 1. The molecular formula is C15H17N3O4. The Kier molecular flexibility index (Phi) is 4.34. The van der Waals surface area contributed by atoms with Crippen LogP contribution < -0.4 is 4.90 Å². The molecule has 0 saturated carbocycles. The molecule has 7 heteroatoms. The third-order valence-electron chi connectivity index (χ3n) is 3.32. The lowest BCUT2D eigenvalue weighted by Gasteiger charge is -2.27. The summed E-state index contributed by atoms with van der Waals surface area (Å²) in [6.45, 7) is 5.04. The highest BCUT2D eigenvalue weighted by molar-refractivity contribution is 5.87. The number of carbonyl (C=O) groups is 1. The lowest BCUT2D eigenvalue weighted by molar-refractivity contribution is 0.0519. The Balaban J connectivity index is 1.81. The predicted molar refractivity (Wildman–Crippen MR) is 78.7 cm³/mol. The van der Waals surface area contributed by atoms with E-state index in [1.165, 1.54) is 6.26 Å². The molecule has 2 aromatic rings. The molecule has 1 aliphatic rings. The third kappa shape index (κ3) is 3.09. The van der Waals surface area contributed by atoms with E-state index in [-0.39, 0.29) is 5.69 Å². The molecule has 3 rings (SSSR count). The quantitative estimate of drug-likeness (QED) is 0.796. The molecule has 1 fully saturated rings. The van der Waals surface area contributed by atoms with Gasteiger partial charge >= 0.3 is 5.97 Å². The van der Waals surface area contributed by atoms with Crippen LogP contribution in [0.25, 0.3) is 11.5 Å². The van der Waals surface area contributed by atoms with Crippen molar-refractivity contribution in [3.63, 3.8) is 0 Å². The van der Waals surface area contributed by atoms with Gasteiger partial charge in [0.1, 0.15) is 12.1 Å². The van der Waals surface area contributed by atoms with Gasteiger partial charge in [-0.3, -0.25) is 0 Å². The Morgan fingerprint density at radius 1 is 1.41 bits per heavy atom. The number of hydrogen-bond acceptors (Lipinski definition) is 7. The Bertz CT molecular complexity index is 650. The number of esters is 1. The molecule has 7 nitrogen and oxygen atoms in total. The largest absolute Gasteiger partial charge is 0.461 e. The number of ether oxygens (including phenoxy) is 2. The van der Waals surface area contributed by atoms with Crippen molar-refractivity contribution >= 4 is 11.8 Å². The molecule has 1 saturated heterocycles. The molecule has 0 aliphatic carbocycles. The van der Waals surface area contributed by atoms with Gasteiger partial charge < -0.3 is 18.8 Å². The zero-order valence-electron chi connectivity index (χ0n) is 12.3. The van der Waals surface area contributed by atoms with Crippen LogP contribution in [0, 0.1) is 0 Å². The van der Waals surface area contributed by atoms with Gasteiger partial charge in [0.15, 0.2) is 5.69 Å². The molecule has 0 amide bonds. The van der Waals surface area contributed by atoms with Gasteiger partial charge in [0.05, 0.1) is 19.8 Å². The molecule has 0 atom stereocenters. The second kappa shape index (κ2) is 6.57. The minimum Gasteiger partial charge on any atom is -0.461 e. The first-order valence-corrected chi connectivity index (χ1v) is 7.19. The first kappa shape index (κ1) is 14.5. The normalized spacial score (nSPS) is 14.9. The van der Waals surface area contributed by atoms with Crippen LogP contribution >= 0.6 is 0 Å². The summed E-state index contributed by atoms with van der Waals surface area (Å²) >= 11 is 0. The van der Waals surface area contributed by atoms with E-state index in [0.717, 1.165) is 24.5 Å². The highest BCUT2D eigenvalue weighted by atomic mass is 16.5. The van der Waals surface area contributed by atoms with Gasteiger partial charge in [0, 0.05) is 24.8 Å². The molecule has 0 bridgehead atoms. The zero-order valence-corrected chi connectivity index (χ0v) is 12.3. The number of hydrogen-bond donors (Lipinski definition) is 0. The number of aromatic nitrogens is 2. The minimum atomic E-state index is -0.486. The van der Waals surface area contributed by atoms with Crippen molar-refractivity contribution in [1.82, 2.24) is 9.97 Å². The maximum Gasteiger partial charge on any atom is 0.360 e. The van der Waals surface area contributed by atoms with E-state index in [2.05, 4.69) is 14.9 Å². The van der Waals surface area contributed by atoms with Crippen molar-refractivity contribution in [2.75, 3.05) is 37.8 Å². The SMILES string of the molecule is CCOC(=O)c1coc(-c2ccnc(N3CCOCC3)c2)n1. The van der Waals surface area contributed by atoms with Gasteiger partial charge in [-0.2, -0.15) is 0 Å². The topological polar surface area (TPSA) is 77.7 Å². The minimum absolute atomic E-state index is 0.168. The fourth-order valence-electron chi connectivity index (χ4n) is 2.22. The highest BCUT2D eigenvalue weighted by Crippen LogP contribution is 2.23. The third-order valence-corrected chi connectivity index (χ3v) is 3.32. The number of nitrogens with zero attached hydrogens (tertiary/aromatic N) is 3. The first-order chi connectivity index (χ1) is 10.8. The maximum absolute atomic E-state index is 11.6. The summed E-state index contributed by atoms with van der Waals surface area (Å²) in [7, 11) is 0. The predicted octanol–water partition coefficient (Wildman–Crippen LogP) is 1.75. The van der Waals surface area contributed by atoms with E-state index < -0.39 is 5.97 Å². The van der Waals surface area contributed by atoms with Crippen LogP contribution in [0.4, 0.5) is 5.82 Å². The summed E-state index contributed by atoms with van der Waals surface area (Å²) < 4.78 is 15.6. The fourth-order valence-corrected chi connectivity index (χ4v) is 2.22. The molecule has 0 spiro atoms. The molecular weight excluding hydrogens is 286 g/mol. The lowest BCUT2D eigenvalue weighted by Crippen LogP contribution is -2.36. The van der Waals surface area contributed by atoms with E-state index in [1.54, 1.807) is 19.2 Å². The number of rotatable bonds is 4. The summed E-state index contributed by atoms with van der Waals surface area (Å²) in [6, 6.07) is 3.69. The van der Waals surface area contributed by atoms with Gasteiger partial charge in [0.2, 0.25) is 5.89 Å². The monoisotopic (exact) mass is 303 g/mol. The molecule has 116 valence electrons. The molecule has 22 heavy (non-hydrogen) atoms. The molecule has 0 aromatic carbocycles. The smallest absolute Gasteiger partial charge is 0.360 e. The Hall–Kier alpha value is -2.41. The molecule has 3 heterocycles. The number of morpholine rings is 1. The second-order valence-electron chi connectivity index (χ2n) is 4.76. The van der Waals surface area contributed by atoms with Crippen LogP contribution in [-0.2, 0) is 9.47 Å². The number of anilines is 1. The van der Waals surface area contributed by atoms with Gasteiger partial charge in [-0.25, -0.2) is 14.8 Å². The Labute approximate surface area is 127 Å². The van der Waals surface area contributed by atoms with Crippen molar-refractivity contribution < 1.29 is 18.7 Å². The summed E-state index contributed by atoms with van der Waals surface area (Å²) in [5.41, 5.74) is 0.939. The molecule has 2 aromatic heterocycles. The standard InChI is InChI=1S/C15H17N3O4/c1-2-21-15(19)12-10-22-14(17-12)11-3-4-16-13(9-11)18-5-7-20-8-6-18/h3-4,9-10H,2,5-8H2,1H3. The van der Waals surface area contributed by atoms with Gasteiger partial charge in [-0.05, 0) is 19.1 Å². The van der Waals surface area contributed by atoms with Gasteiger partial charge in [-0.1, -0.05) is 0 Å². The van der Waals surface area contributed by atoms with E-state index in [4.69, 9.17) is 13.9 Å². The average Bonchev–Trinajstić information content (AvgIpc) is 3.06. The van der Waals surface area contributed by atoms with E-state index in [9.17, 15) is 4.79 Å². The van der Waals surface area contributed by atoms with Crippen molar-refractivity contribution in [1.29, 1.82) is 0 Å². The first-order valence-electron chi connectivity index (χ1n) is 7.19. The van der Waals surface area contributed by atoms with Crippen molar-refractivity contribution in [3.8, 4) is 11.5 Å². The second-order valence-corrected chi connectivity index (χ2v) is 4.76. The average molecular weight is 303 g/mol. The van der Waals surface area contributed by atoms with Crippen LogP contribution in [0.1, 0.15) is 17.4 Å². The Morgan fingerprint density at radius 2 is 2.23 bits per heavy atom. The van der Waals surface area contributed by atoms with Crippen molar-refractivity contribution in [3.05, 3.63) is 30.3 Å². The molecule has 1 aliphatic heterocycles. The lowest BCUT2D eigenvalue weighted by atomic mass is 10.2. The zero-order chi connectivity index (χ0) is 15.4. The highest BCUT2D eigenvalue weighted by Gasteiger charge is 2.17. The Morgan fingerprint density at radius 3 is 3.00 bits per heavy atom. The van der Waals surface area contributed by atoms with E-state index in [0.29, 0.717) is 25.7 Å². The summed E-state index contributed by atoms with van der Waals surface area (Å²) in [5.74, 6) is 0.733. The van der Waals surface area contributed by atoms with Crippen molar-refractivity contribution in [2.45, 2.75) is 6.92 Å². The summed E-state index contributed by atoms with van der Waals surface area (Å²) in [6.07, 6.45) is 3.01. The number of oxazole rings is 1. The van der Waals surface area contributed by atoms with Gasteiger partial charge in [-0.15, -0.1) is 0 Å². The molecule has 0 N–H and O–H groups in total. The summed E-state index contributed by atoms with van der Waals surface area (Å²) in [4.78, 5) is 22.3. The number of pyridine rings is 1. The van der Waals surface area contributed by atoms with Crippen LogP contribution in [0.5, 0.6) is 0 Å². The van der Waals surface area contributed by atoms with Gasteiger partial charge in [0.25, 0.3) is 0 Å². The summed E-state index contributed by atoms with van der Waals surface area (Å²) in [5, 5.41) is 0. The van der Waals surface area contributed by atoms with Crippen LogP contribution in [0.15, 0.2) is 29.0 Å².